The van der Waals surface area contributed by atoms with E-state index in [1.165, 1.54) is 38.6 Å². The number of benzene rings is 1. The number of anilines is 1. The van der Waals surface area contributed by atoms with Gasteiger partial charge in [0.15, 0.2) is 5.11 Å². The topological polar surface area (TPSA) is 37.7 Å². The SMILES string of the molecule is CCOc1ccccc1NC(=S)NC1C[C@H]2CCC[C@@H](C1)[NH+]2CC(C)C. The summed E-state index contributed by atoms with van der Waals surface area (Å²) in [4.78, 5) is 1.85. The van der Waals surface area contributed by atoms with Gasteiger partial charge in [0.1, 0.15) is 5.75 Å². The number of thiocarbonyl (C=S) groups is 1. The first-order chi connectivity index (χ1) is 12.6. The Labute approximate surface area is 163 Å². The number of piperidine rings is 2. The maximum absolute atomic E-state index is 5.69. The molecule has 0 amide bonds. The molecular weight excluding hydrogens is 342 g/mol. The van der Waals surface area contributed by atoms with E-state index >= 15 is 0 Å². The third-order valence-electron chi connectivity index (χ3n) is 5.71. The Kier molecular flexibility index (Phi) is 6.76. The molecule has 0 aromatic heterocycles. The average Bonchev–Trinajstić information content (AvgIpc) is 2.57. The summed E-state index contributed by atoms with van der Waals surface area (Å²) in [6.07, 6.45) is 6.59. The molecule has 3 N–H and O–H groups in total. The molecule has 5 heteroatoms. The summed E-state index contributed by atoms with van der Waals surface area (Å²) in [5.74, 6) is 1.63. The summed E-state index contributed by atoms with van der Waals surface area (Å²) < 4.78 is 5.69. The highest BCUT2D eigenvalue weighted by atomic mass is 32.1. The summed E-state index contributed by atoms with van der Waals surface area (Å²) in [5.41, 5.74) is 0.940. The monoisotopic (exact) mass is 376 g/mol. The number of nitrogens with one attached hydrogen (secondary N) is 3. The third-order valence-corrected chi connectivity index (χ3v) is 5.93. The Morgan fingerprint density at radius 2 is 1.92 bits per heavy atom. The summed E-state index contributed by atoms with van der Waals surface area (Å²) in [6.45, 7) is 8.66. The molecule has 1 aromatic carbocycles. The van der Waals surface area contributed by atoms with Crippen LogP contribution in [0.4, 0.5) is 5.69 Å². The molecule has 3 rings (SSSR count). The Hall–Kier alpha value is -1.33. The van der Waals surface area contributed by atoms with Gasteiger partial charge in [-0.25, -0.2) is 0 Å². The Balaban J connectivity index is 1.57. The van der Waals surface area contributed by atoms with Gasteiger partial charge in [-0.05, 0) is 50.5 Å². The van der Waals surface area contributed by atoms with Crippen LogP contribution in [0.5, 0.6) is 5.75 Å². The fourth-order valence-corrected chi connectivity index (χ4v) is 5.03. The van der Waals surface area contributed by atoms with Crippen LogP contribution in [-0.2, 0) is 0 Å². The lowest BCUT2D eigenvalue weighted by atomic mass is 9.81. The lowest BCUT2D eigenvalue weighted by Gasteiger charge is -2.46. The summed E-state index contributed by atoms with van der Waals surface area (Å²) in [7, 11) is 0. The van der Waals surface area contributed by atoms with Crippen molar-refractivity contribution >= 4 is 23.0 Å². The maximum Gasteiger partial charge on any atom is 0.171 e. The second-order valence-corrected chi connectivity index (χ2v) is 8.60. The second-order valence-electron chi connectivity index (χ2n) is 8.19. The molecule has 0 spiro atoms. The lowest BCUT2D eigenvalue weighted by molar-refractivity contribution is -0.963. The zero-order chi connectivity index (χ0) is 18.5. The van der Waals surface area contributed by atoms with E-state index < -0.39 is 0 Å². The first-order valence-electron chi connectivity index (χ1n) is 10.2. The van der Waals surface area contributed by atoms with Gasteiger partial charge in [-0.15, -0.1) is 0 Å². The van der Waals surface area contributed by atoms with Gasteiger partial charge in [0.2, 0.25) is 0 Å². The summed E-state index contributed by atoms with van der Waals surface area (Å²) in [5, 5.41) is 7.65. The minimum Gasteiger partial charge on any atom is -0.492 e. The first kappa shape index (κ1) is 19.4. The Morgan fingerprint density at radius 1 is 1.23 bits per heavy atom. The Bertz CT molecular complexity index is 593. The smallest absolute Gasteiger partial charge is 0.171 e. The molecule has 4 nitrogen and oxygen atoms in total. The molecular formula is C21H34N3OS+. The number of para-hydroxylation sites is 2. The number of ether oxygens (including phenoxy) is 1. The number of quaternary nitrogens is 1. The van der Waals surface area contributed by atoms with Crippen molar-refractivity contribution in [3.8, 4) is 5.75 Å². The fourth-order valence-electron chi connectivity index (χ4n) is 4.75. The zero-order valence-electron chi connectivity index (χ0n) is 16.4. The molecule has 2 heterocycles. The van der Waals surface area contributed by atoms with E-state index in [2.05, 4.69) is 24.5 Å². The molecule has 26 heavy (non-hydrogen) atoms. The number of hydrogen-bond donors (Lipinski definition) is 3. The first-order valence-corrected chi connectivity index (χ1v) is 10.6. The standard InChI is InChI=1S/C21H33N3OS/c1-4-25-20-11-6-5-10-19(20)23-21(26)22-16-12-17-8-7-9-18(13-16)24(17)14-15(2)3/h5-6,10-11,15-18H,4,7-9,12-14H2,1-3H3,(H2,22,23,26)/p+1/t16?,17-,18+. The molecule has 2 bridgehead atoms. The van der Waals surface area contributed by atoms with Crippen molar-refractivity contribution in [2.24, 2.45) is 5.92 Å². The quantitative estimate of drug-likeness (QED) is 0.668. The van der Waals surface area contributed by atoms with E-state index in [9.17, 15) is 0 Å². The normalized spacial score (nSPS) is 27.8. The fraction of sp³-hybridized carbons (Fsp3) is 0.667. The van der Waals surface area contributed by atoms with Crippen molar-refractivity contribution in [2.45, 2.75) is 71.0 Å². The Morgan fingerprint density at radius 3 is 2.58 bits per heavy atom. The molecule has 0 saturated carbocycles. The van der Waals surface area contributed by atoms with Gasteiger partial charge in [0, 0.05) is 24.8 Å². The van der Waals surface area contributed by atoms with Crippen molar-refractivity contribution < 1.29 is 9.64 Å². The van der Waals surface area contributed by atoms with E-state index in [-0.39, 0.29) is 0 Å². The van der Waals surface area contributed by atoms with Crippen LogP contribution in [0.3, 0.4) is 0 Å². The number of rotatable bonds is 6. The van der Waals surface area contributed by atoms with Gasteiger partial charge < -0.3 is 20.3 Å². The number of hydrogen-bond acceptors (Lipinski definition) is 2. The predicted octanol–water partition coefficient (Wildman–Crippen LogP) is 3.00. The highest BCUT2D eigenvalue weighted by Gasteiger charge is 2.41. The van der Waals surface area contributed by atoms with Crippen LogP contribution >= 0.6 is 12.2 Å². The number of fused-ring (bicyclic) bond motifs is 2. The third kappa shape index (κ3) is 4.89. The summed E-state index contributed by atoms with van der Waals surface area (Å²) >= 11 is 5.61. The second kappa shape index (κ2) is 9.05. The van der Waals surface area contributed by atoms with Crippen LogP contribution < -0.4 is 20.3 Å². The van der Waals surface area contributed by atoms with Gasteiger partial charge in [0.25, 0.3) is 0 Å². The molecule has 2 saturated heterocycles. The van der Waals surface area contributed by atoms with Gasteiger partial charge >= 0.3 is 0 Å². The molecule has 2 aliphatic heterocycles. The predicted molar refractivity (Wildman–Crippen MR) is 112 cm³/mol. The summed E-state index contributed by atoms with van der Waals surface area (Å²) in [6, 6.07) is 10.1. The van der Waals surface area contributed by atoms with E-state index in [0.717, 1.165) is 29.4 Å². The zero-order valence-corrected chi connectivity index (χ0v) is 17.2. The molecule has 2 fully saturated rings. The molecule has 2 unspecified atom stereocenters. The molecule has 144 valence electrons. The highest BCUT2D eigenvalue weighted by molar-refractivity contribution is 7.80. The van der Waals surface area contributed by atoms with Crippen LogP contribution in [0.1, 0.15) is 52.9 Å². The minimum atomic E-state index is 0.487. The van der Waals surface area contributed by atoms with Gasteiger partial charge in [0.05, 0.1) is 30.9 Å². The van der Waals surface area contributed by atoms with Crippen molar-refractivity contribution in [1.29, 1.82) is 0 Å². The van der Waals surface area contributed by atoms with E-state index in [1.54, 1.807) is 0 Å². The van der Waals surface area contributed by atoms with Crippen LogP contribution in [0.25, 0.3) is 0 Å². The van der Waals surface area contributed by atoms with Crippen molar-refractivity contribution in [2.75, 3.05) is 18.5 Å². The van der Waals surface area contributed by atoms with Crippen molar-refractivity contribution in [3.63, 3.8) is 0 Å². The van der Waals surface area contributed by atoms with Crippen LogP contribution in [0, 0.1) is 5.92 Å². The molecule has 0 radical (unpaired) electrons. The van der Waals surface area contributed by atoms with Crippen LogP contribution in [0.2, 0.25) is 0 Å². The molecule has 4 atom stereocenters. The maximum atomic E-state index is 5.69. The highest BCUT2D eigenvalue weighted by Crippen LogP contribution is 2.25. The largest absolute Gasteiger partial charge is 0.492 e. The molecule has 0 aliphatic carbocycles. The lowest BCUT2D eigenvalue weighted by Crippen LogP contribution is -3.21. The van der Waals surface area contributed by atoms with Crippen molar-refractivity contribution in [3.05, 3.63) is 24.3 Å². The van der Waals surface area contributed by atoms with Crippen molar-refractivity contribution in [1.82, 2.24) is 5.32 Å². The van der Waals surface area contributed by atoms with E-state index in [0.29, 0.717) is 17.8 Å². The minimum absolute atomic E-state index is 0.487. The van der Waals surface area contributed by atoms with E-state index in [4.69, 9.17) is 17.0 Å². The average molecular weight is 377 g/mol. The van der Waals surface area contributed by atoms with Gasteiger partial charge in [-0.1, -0.05) is 26.0 Å². The van der Waals surface area contributed by atoms with Crippen LogP contribution in [0.15, 0.2) is 24.3 Å². The molecule has 2 aliphatic rings. The van der Waals surface area contributed by atoms with Gasteiger partial charge in [-0.3, -0.25) is 0 Å². The van der Waals surface area contributed by atoms with Crippen LogP contribution in [-0.4, -0.2) is 36.4 Å². The van der Waals surface area contributed by atoms with Gasteiger partial charge in [-0.2, -0.15) is 0 Å². The molecule has 1 aromatic rings. The van der Waals surface area contributed by atoms with E-state index in [1.807, 2.05) is 36.1 Å².